The molecule has 0 bridgehead atoms. The van der Waals surface area contributed by atoms with E-state index in [0.717, 1.165) is 18.9 Å². The first-order valence-corrected chi connectivity index (χ1v) is 8.55. The molecule has 9 heteroatoms. The highest BCUT2D eigenvalue weighted by molar-refractivity contribution is 6.08. The van der Waals surface area contributed by atoms with Crippen LogP contribution >= 0.6 is 0 Å². The van der Waals surface area contributed by atoms with Crippen LogP contribution in [0.3, 0.4) is 0 Å². The molecule has 1 saturated carbocycles. The molecule has 0 atom stereocenters. The summed E-state index contributed by atoms with van der Waals surface area (Å²) in [6.45, 7) is 0. The lowest BCUT2D eigenvalue weighted by atomic mass is 10.1. The third-order valence-electron chi connectivity index (χ3n) is 4.24. The largest absolute Gasteiger partial charge is 0.493 e. The maximum absolute atomic E-state index is 12.7. The number of rotatable bonds is 7. The van der Waals surface area contributed by atoms with E-state index in [1.54, 1.807) is 18.2 Å². The minimum Gasteiger partial charge on any atom is -0.493 e. The van der Waals surface area contributed by atoms with Gasteiger partial charge in [-0.15, -0.1) is 0 Å². The van der Waals surface area contributed by atoms with Crippen LogP contribution in [0.1, 0.15) is 33.6 Å². The summed E-state index contributed by atoms with van der Waals surface area (Å²) in [6.07, 6.45) is 1.93. The molecule has 1 fully saturated rings. The molecular formula is C19H19N3O6. The fourth-order valence-corrected chi connectivity index (χ4v) is 2.63. The van der Waals surface area contributed by atoms with Crippen LogP contribution in [0, 0.1) is 10.1 Å². The molecule has 2 amide bonds. The average molecular weight is 385 g/mol. The zero-order valence-corrected chi connectivity index (χ0v) is 15.4. The fraction of sp³-hybridized carbons (Fsp3) is 0.263. The highest BCUT2D eigenvalue weighted by Gasteiger charge is 2.26. The summed E-state index contributed by atoms with van der Waals surface area (Å²) in [5.41, 5.74) is 0.136. The molecule has 3 rings (SSSR count). The molecule has 2 aromatic rings. The van der Waals surface area contributed by atoms with Crippen molar-refractivity contribution in [2.45, 2.75) is 18.9 Å². The van der Waals surface area contributed by atoms with Crippen LogP contribution < -0.4 is 20.1 Å². The number of hydrogen-bond donors (Lipinski definition) is 2. The SMILES string of the molecule is COc1cc(C(=O)Nc2cccc(C(=O)NC3CC3)c2)c([N+](=O)[O-])cc1OC. The summed E-state index contributed by atoms with van der Waals surface area (Å²) in [5.74, 6) is -0.594. The van der Waals surface area contributed by atoms with Gasteiger partial charge in [-0.25, -0.2) is 0 Å². The summed E-state index contributed by atoms with van der Waals surface area (Å²) < 4.78 is 10.2. The van der Waals surface area contributed by atoms with E-state index >= 15 is 0 Å². The Bertz CT molecular complexity index is 939. The van der Waals surface area contributed by atoms with Crippen LogP contribution in [-0.4, -0.2) is 37.0 Å². The molecule has 0 aromatic heterocycles. The van der Waals surface area contributed by atoms with Crippen molar-refractivity contribution in [1.29, 1.82) is 0 Å². The first-order valence-electron chi connectivity index (χ1n) is 8.55. The zero-order valence-electron chi connectivity index (χ0n) is 15.4. The van der Waals surface area contributed by atoms with Crippen LogP contribution in [0.5, 0.6) is 11.5 Å². The lowest BCUT2D eigenvalue weighted by molar-refractivity contribution is -0.385. The second-order valence-electron chi connectivity index (χ2n) is 6.26. The van der Waals surface area contributed by atoms with Crippen molar-refractivity contribution in [3.05, 3.63) is 57.6 Å². The highest BCUT2D eigenvalue weighted by Crippen LogP contribution is 2.34. The quantitative estimate of drug-likeness (QED) is 0.559. The summed E-state index contributed by atoms with van der Waals surface area (Å²) in [5, 5.41) is 16.8. The van der Waals surface area contributed by atoms with E-state index in [-0.39, 0.29) is 29.0 Å². The molecule has 0 spiro atoms. The van der Waals surface area contributed by atoms with E-state index < -0.39 is 16.5 Å². The van der Waals surface area contributed by atoms with Gasteiger partial charge in [0.25, 0.3) is 17.5 Å². The van der Waals surface area contributed by atoms with E-state index in [9.17, 15) is 19.7 Å². The number of methoxy groups -OCH3 is 2. The molecular weight excluding hydrogens is 366 g/mol. The zero-order chi connectivity index (χ0) is 20.3. The Hall–Kier alpha value is -3.62. The van der Waals surface area contributed by atoms with Crippen molar-refractivity contribution in [3.63, 3.8) is 0 Å². The molecule has 0 aliphatic heterocycles. The number of nitrogens with zero attached hydrogens (tertiary/aromatic N) is 1. The smallest absolute Gasteiger partial charge is 0.286 e. The number of carbonyl (C=O) groups excluding carboxylic acids is 2. The normalized spacial score (nSPS) is 12.8. The van der Waals surface area contributed by atoms with E-state index in [1.165, 1.54) is 26.4 Å². The number of anilines is 1. The predicted octanol–water partition coefficient (Wildman–Crippen LogP) is 2.76. The molecule has 146 valence electrons. The maximum atomic E-state index is 12.7. The molecule has 0 unspecified atom stereocenters. The Morgan fingerprint density at radius 1 is 1.07 bits per heavy atom. The number of amides is 2. The summed E-state index contributed by atoms with van der Waals surface area (Å²) in [7, 11) is 2.72. The van der Waals surface area contributed by atoms with Gasteiger partial charge in [0.05, 0.1) is 25.2 Å². The van der Waals surface area contributed by atoms with Crippen LogP contribution in [0.2, 0.25) is 0 Å². The number of carbonyl (C=O) groups is 2. The van der Waals surface area contributed by atoms with Crippen LogP contribution in [0.15, 0.2) is 36.4 Å². The topological polar surface area (TPSA) is 120 Å². The number of hydrogen-bond acceptors (Lipinski definition) is 6. The lowest BCUT2D eigenvalue weighted by Gasteiger charge is -2.11. The van der Waals surface area contributed by atoms with Gasteiger partial charge in [0.2, 0.25) is 0 Å². The molecule has 2 aromatic carbocycles. The van der Waals surface area contributed by atoms with Crippen molar-refractivity contribution < 1.29 is 24.0 Å². The van der Waals surface area contributed by atoms with Crippen LogP contribution in [0.25, 0.3) is 0 Å². The van der Waals surface area contributed by atoms with Gasteiger partial charge in [-0.3, -0.25) is 19.7 Å². The number of nitro groups is 1. The molecule has 1 aliphatic carbocycles. The van der Waals surface area contributed by atoms with Gasteiger partial charge in [-0.05, 0) is 31.0 Å². The van der Waals surface area contributed by atoms with Crippen molar-refractivity contribution in [1.82, 2.24) is 5.32 Å². The summed E-state index contributed by atoms with van der Waals surface area (Å²) >= 11 is 0. The predicted molar refractivity (Wildman–Crippen MR) is 101 cm³/mol. The first kappa shape index (κ1) is 19.2. The van der Waals surface area contributed by atoms with Crippen molar-refractivity contribution >= 4 is 23.2 Å². The number of nitrogens with one attached hydrogen (secondary N) is 2. The Labute approximate surface area is 160 Å². The van der Waals surface area contributed by atoms with Crippen molar-refractivity contribution in [2.75, 3.05) is 19.5 Å². The van der Waals surface area contributed by atoms with E-state index in [4.69, 9.17) is 9.47 Å². The standard InChI is InChI=1S/C19H19N3O6/c1-27-16-9-14(15(22(25)26)10-17(16)28-2)19(24)21-13-5-3-4-11(8-13)18(23)20-12-6-7-12/h3-5,8-10,12H,6-7H2,1-2H3,(H,20,23)(H,21,24). The van der Waals surface area contributed by atoms with E-state index in [2.05, 4.69) is 10.6 Å². The molecule has 0 heterocycles. The van der Waals surface area contributed by atoms with Crippen LogP contribution in [-0.2, 0) is 0 Å². The molecule has 1 aliphatic rings. The first-order chi connectivity index (χ1) is 13.4. The summed E-state index contributed by atoms with van der Waals surface area (Å²) in [6, 6.07) is 8.95. The minimum atomic E-state index is -0.701. The fourth-order valence-electron chi connectivity index (χ4n) is 2.63. The monoisotopic (exact) mass is 385 g/mol. The lowest BCUT2D eigenvalue weighted by Crippen LogP contribution is -2.25. The number of ether oxygens (including phenoxy) is 2. The van der Waals surface area contributed by atoms with Gasteiger partial charge in [0.1, 0.15) is 5.56 Å². The molecule has 2 N–H and O–H groups in total. The van der Waals surface area contributed by atoms with Gasteiger partial charge in [0.15, 0.2) is 11.5 Å². The van der Waals surface area contributed by atoms with Crippen molar-refractivity contribution in [3.8, 4) is 11.5 Å². The molecule has 0 radical (unpaired) electrons. The average Bonchev–Trinajstić information content (AvgIpc) is 3.50. The Balaban J connectivity index is 1.86. The highest BCUT2D eigenvalue weighted by atomic mass is 16.6. The van der Waals surface area contributed by atoms with Gasteiger partial charge < -0.3 is 20.1 Å². The van der Waals surface area contributed by atoms with Crippen LogP contribution in [0.4, 0.5) is 11.4 Å². The number of nitro benzene ring substituents is 1. The number of benzene rings is 2. The molecule has 9 nitrogen and oxygen atoms in total. The van der Waals surface area contributed by atoms with E-state index in [1.807, 2.05) is 0 Å². The Morgan fingerprint density at radius 3 is 2.36 bits per heavy atom. The maximum Gasteiger partial charge on any atom is 0.286 e. The van der Waals surface area contributed by atoms with E-state index in [0.29, 0.717) is 11.3 Å². The van der Waals surface area contributed by atoms with Gasteiger partial charge in [-0.1, -0.05) is 6.07 Å². The van der Waals surface area contributed by atoms with Gasteiger partial charge >= 0.3 is 0 Å². The Morgan fingerprint density at radius 2 is 1.75 bits per heavy atom. The Kier molecular flexibility index (Phi) is 5.44. The van der Waals surface area contributed by atoms with Gasteiger partial charge in [0, 0.05) is 23.4 Å². The summed E-state index contributed by atoms with van der Waals surface area (Å²) in [4.78, 5) is 35.5. The second kappa shape index (κ2) is 7.95. The third kappa shape index (κ3) is 4.20. The molecule has 0 saturated heterocycles. The van der Waals surface area contributed by atoms with Crippen molar-refractivity contribution in [2.24, 2.45) is 0 Å². The second-order valence-corrected chi connectivity index (χ2v) is 6.26. The minimum absolute atomic E-state index is 0.143. The van der Waals surface area contributed by atoms with Gasteiger partial charge in [-0.2, -0.15) is 0 Å². The third-order valence-corrected chi connectivity index (χ3v) is 4.24. The molecule has 28 heavy (non-hydrogen) atoms.